The molecule has 2 aromatic rings. The first-order valence-corrected chi connectivity index (χ1v) is 10.8. The number of hydrogen-bond acceptors (Lipinski definition) is 4. The van der Waals surface area contributed by atoms with Crippen LogP contribution in [0.1, 0.15) is 0 Å². The molecule has 152 valence electrons. The quantitative estimate of drug-likeness (QED) is 0.472. The summed E-state index contributed by atoms with van der Waals surface area (Å²) in [5.74, 6) is -0.520. The standard InChI is InChI=1S/C17H16Cl3FN2O4S/c1-28(25,26)23(16-9-14(19)13(18)8-15(16)20)10-17(24)22-6-7-27-12-4-2-11(21)3-5-12/h2-5,8-9H,6-7,10H2,1H3,(H,22,24). The highest BCUT2D eigenvalue weighted by molar-refractivity contribution is 7.92. The number of halogens is 4. The topological polar surface area (TPSA) is 75.7 Å². The number of hydrogen-bond donors (Lipinski definition) is 1. The molecule has 0 radical (unpaired) electrons. The van der Waals surface area contributed by atoms with Crippen LogP contribution < -0.4 is 14.4 Å². The van der Waals surface area contributed by atoms with Crippen LogP contribution in [0.3, 0.4) is 0 Å². The van der Waals surface area contributed by atoms with Crippen molar-refractivity contribution < 1.29 is 22.3 Å². The van der Waals surface area contributed by atoms with Gasteiger partial charge in [-0.3, -0.25) is 9.10 Å². The van der Waals surface area contributed by atoms with E-state index in [1.165, 1.54) is 36.4 Å². The summed E-state index contributed by atoms with van der Waals surface area (Å²) in [5, 5.41) is 2.83. The number of sulfonamides is 1. The minimum atomic E-state index is -3.82. The van der Waals surface area contributed by atoms with Crippen LogP contribution in [0.15, 0.2) is 36.4 Å². The summed E-state index contributed by atoms with van der Waals surface area (Å²) in [6, 6.07) is 7.98. The van der Waals surface area contributed by atoms with Gasteiger partial charge in [-0.05, 0) is 36.4 Å². The van der Waals surface area contributed by atoms with Gasteiger partial charge in [-0.2, -0.15) is 0 Å². The summed E-state index contributed by atoms with van der Waals surface area (Å²) in [6.07, 6.45) is 0.941. The Hall–Kier alpha value is -1.74. The Balaban J connectivity index is 1.98. The van der Waals surface area contributed by atoms with Gasteiger partial charge < -0.3 is 10.1 Å². The minimum Gasteiger partial charge on any atom is -0.492 e. The molecule has 0 spiro atoms. The van der Waals surface area contributed by atoms with Crippen LogP contribution in [0.4, 0.5) is 10.1 Å². The van der Waals surface area contributed by atoms with Gasteiger partial charge in [0.2, 0.25) is 15.9 Å². The second-order valence-electron chi connectivity index (χ2n) is 5.64. The van der Waals surface area contributed by atoms with Gasteiger partial charge >= 0.3 is 0 Å². The van der Waals surface area contributed by atoms with Crippen molar-refractivity contribution in [3.8, 4) is 5.75 Å². The lowest BCUT2D eigenvalue weighted by molar-refractivity contribution is -0.119. The summed E-state index contributed by atoms with van der Waals surface area (Å²) in [5.41, 5.74) is 0.0382. The van der Waals surface area contributed by atoms with Crippen LogP contribution in [0.25, 0.3) is 0 Å². The Bertz CT molecular complexity index is 956. The molecule has 11 heteroatoms. The molecule has 2 rings (SSSR count). The number of nitrogens with zero attached hydrogens (tertiary/aromatic N) is 1. The van der Waals surface area contributed by atoms with E-state index in [2.05, 4.69) is 5.32 Å². The van der Waals surface area contributed by atoms with Gasteiger partial charge in [0, 0.05) is 0 Å². The summed E-state index contributed by atoms with van der Waals surface area (Å²) < 4.78 is 43.2. The molecule has 0 atom stereocenters. The third-order valence-corrected chi connectivity index (χ3v) is 5.60. The molecule has 0 bridgehead atoms. The number of rotatable bonds is 8. The summed E-state index contributed by atoms with van der Waals surface area (Å²) >= 11 is 17.9. The van der Waals surface area contributed by atoms with E-state index in [1.54, 1.807) is 0 Å². The molecule has 0 fully saturated rings. The molecule has 1 N–H and O–H groups in total. The number of carbonyl (C=O) groups is 1. The molecule has 0 saturated heterocycles. The van der Waals surface area contributed by atoms with Crippen molar-refractivity contribution in [1.82, 2.24) is 5.32 Å². The predicted octanol–water partition coefficient (Wildman–Crippen LogP) is 3.75. The first-order valence-electron chi connectivity index (χ1n) is 7.85. The summed E-state index contributed by atoms with van der Waals surface area (Å²) in [7, 11) is -3.82. The van der Waals surface area contributed by atoms with Crippen molar-refractivity contribution in [3.05, 3.63) is 57.3 Å². The van der Waals surface area contributed by atoms with E-state index < -0.39 is 22.5 Å². The average molecular weight is 470 g/mol. The zero-order chi connectivity index (χ0) is 20.9. The maximum Gasteiger partial charge on any atom is 0.240 e. The Morgan fingerprint density at radius 2 is 1.71 bits per heavy atom. The number of ether oxygens (including phenoxy) is 1. The fraction of sp³-hybridized carbons (Fsp3) is 0.235. The van der Waals surface area contributed by atoms with E-state index in [0.29, 0.717) is 5.75 Å². The molecule has 6 nitrogen and oxygen atoms in total. The Morgan fingerprint density at radius 3 is 2.32 bits per heavy atom. The number of amides is 1. The Kier molecular flexibility index (Phi) is 7.77. The molecule has 0 aliphatic rings. The molecule has 0 heterocycles. The minimum absolute atomic E-state index is 0.0345. The van der Waals surface area contributed by atoms with Gasteiger partial charge in [0.15, 0.2) is 0 Å². The van der Waals surface area contributed by atoms with Gasteiger partial charge in [0.25, 0.3) is 0 Å². The second kappa shape index (κ2) is 9.65. The van der Waals surface area contributed by atoms with Gasteiger partial charge in [-0.15, -0.1) is 0 Å². The summed E-state index contributed by atoms with van der Waals surface area (Å²) in [6.45, 7) is -0.278. The lowest BCUT2D eigenvalue weighted by Crippen LogP contribution is -2.41. The predicted molar refractivity (Wildman–Crippen MR) is 109 cm³/mol. The van der Waals surface area contributed by atoms with E-state index in [4.69, 9.17) is 39.5 Å². The van der Waals surface area contributed by atoms with Gasteiger partial charge in [0.05, 0.1) is 33.6 Å². The van der Waals surface area contributed by atoms with E-state index >= 15 is 0 Å². The van der Waals surface area contributed by atoms with E-state index in [-0.39, 0.29) is 39.7 Å². The maximum atomic E-state index is 12.8. The van der Waals surface area contributed by atoms with Crippen molar-refractivity contribution in [2.24, 2.45) is 0 Å². The summed E-state index contributed by atoms with van der Waals surface area (Å²) in [4.78, 5) is 12.2. The molecule has 0 aromatic heterocycles. The lowest BCUT2D eigenvalue weighted by atomic mass is 10.3. The fourth-order valence-corrected chi connectivity index (χ4v) is 3.71. The van der Waals surface area contributed by atoms with E-state index in [9.17, 15) is 17.6 Å². The van der Waals surface area contributed by atoms with Gasteiger partial charge in [-0.25, -0.2) is 12.8 Å². The van der Waals surface area contributed by atoms with Crippen molar-refractivity contribution in [3.63, 3.8) is 0 Å². The molecule has 1 amide bonds. The smallest absolute Gasteiger partial charge is 0.240 e. The van der Waals surface area contributed by atoms with Crippen LogP contribution in [-0.2, 0) is 14.8 Å². The number of nitrogens with one attached hydrogen (secondary N) is 1. The van der Waals surface area contributed by atoms with Crippen LogP contribution in [-0.4, -0.2) is 40.3 Å². The highest BCUT2D eigenvalue weighted by Crippen LogP contribution is 2.35. The van der Waals surface area contributed by atoms with Crippen LogP contribution in [0.2, 0.25) is 15.1 Å². The third kappa shape index (κ3) is 6.41. The van der Waals surface area contributed by atoms with Crippen molar-refractivity contribution in [2.45, 2.75) is 0 Å². The van der Waals surface area contributed by atoms with Gasteiger partial charge in [-0.1, -0.05) is 34.8 Å². The zero-order valence-electron chi connectivity index (χ0n) is 14.6. The third-order valence-electron chi connectivity index (χ3n) is 3.45. The molecular weight excluding hydrogens is 454 g/mol. The van der Waals surface area contributed by atoms with Gasteiger partial charge in [0.1, 0.15) is 24.7 Å². The highest BCUT2D eigenvalue weighted by atomic mass is 35.5. The molecule has 0 unspecified atom stereocenters. The highest BCUT2D eigenvalue weighted by Gasteiger charge is 2.24. The number of benzene rings is 2. The normalized spacial score (nSPS) is 11.2. The molecule has 28 heavy (non-hydrogen) atoms. The lowest BCUT2D eigenvalue weighted by Gasteiger charge is -2.23. The largest absolute Gasteiger partial charge is 0.492 e. The SMILES string of the molecule is CS(=O)(=O)N(CC(=O)NCCOc1ccc(F)cc1)c1cc(Cl)c(Cl)cc1Cl. The van der Waals surface area contributed by atoms with Crippen molar-refractivity contribution in [2.75, 3.05) is 30.3 Å². The fourth-order valence-electron chi connectivity index (χ4n) is 2.16. The van der Waals surface area contributed by atoms with Crippen molar-refractivity contribution in [1.29, 1.82) is 0 Å². The van der Waals surface area contributed by atoms with Crippen LogP contribution in [0, 0.1) is 5.82 Å². The zero-order valence-corrected chi connectivity index (χ0v) is 17.7. The Morgan fingerprint density at radius 1 is 1.11 bits per heavy atom. The molecule has 0 aliphatic carbocycles. The molecule has 0 aliphatic heterocycles. The monoisotopic (exact) mass is 468 g/mol. The van der Waals surface area contributed by atoms with Crippen LogP contribution in [0.5, 0.6) is 5.75 Å². The van der Waals surface area contributed by atoms with Crippen molar-refractivity contribution >= 4 is 56.4 Å². The van der Waals surface area contributed by atoms with E-state index in [0.717, 1.165) is 10.6 Å². The first kappa shape index (κ1) is 22.5. The molecule has 2 aromatic carbocycles. The number of carbonyl (C=O) groups excluding carboxylic acids is 1. The maximum absolute atomic E-state index is 12.8. The molecule has 0 saturated carbocycles. The molecular formula is C17H16Cl3FN2O4S. The van der Waals surface area contributed by atoms with Crippen LogP contribution >= 0.6 is 34.8 Å². The first-order chi connectivity index (χ1) is 13.1. The average Bonchev–Trinajstić information content (AvgIpc) is 2.61. The number of anilines is 1. The van der Waals surface area contributed by atoms with E-state index in [1.807, 2.05) is 0 Å². The second-order valence-corrected chi connectivity index (χ2v) is 8.77. The Labute approximate surface area is 177 Å².